The van der Waals surface area contributed by atoms with Gasteiger partial charge in [0.2, 0.25) is 5.91 Å². The first-order valence-electron chi connectivity index (χ1n) is 4.30. The fourth-order valence-corrected chi connectivity index (χ4v) is 1.57. The van der Waals surface area contributed by atoms with Gasteiger partial charge in [-0.15, -0.1) is 11.6 Å². The number of hydrogen-bond donors (Lipinski definition) is 1. The van der Waals surface area contributed by atoms with Gasteiger partial charge in [0.25, 0.3) is 0 Å². The van der Waals surface area contributed by atoms with Crippen molar-refractivity contribution in [2.75, 3.05) is 11.2 Å². The van der Waals surface area contributed by atoms with E-state index in [2.05, 4.69) is 26.2 Å². The lowest BCUT2D eigenvalue weighted by atomic mass is 10.3. The number of anilines is 1. The van der Waals surface area contributed by atoms with Crippen molar-refractivity contribution in [2.24, 2.45) is 0 Å². The summed E-state index contributed by atoms with van der Waals surface area (Å²) < 4.78 is 0.763. The Bertz CT molecular complexity index is 360. The van der Waals surface area contributed by atoms with Crippen molar-refractivity contribution in [1.29, 1.82) is 0 Å². The molecule has 3 nitrogen and oxygen atoms in total. The minimum atomic E-state index is -0.113. The minimum Gasteiger partial charge on any atom is -0.323 e. The van der Waals surface area contributed by atoms with E-state index in [1.165, 1.54) is 0 Å². The van der Waals surface area contributed by atoms with Crippen LogP contribution in [0.2, 0.25) is 5.15 Å². The largest absolute Gasteiger partial charge is 0.323 e. The van der Waals surface area contributed by atoms with Gasteiger partial charge in [-0.25, -0.2) is 4.98 Å². The Labute approximate surface area is 106 Å². The lowest BCUT2D eigenvalue weighted by molar-refractivity contribution is -0.116. The Morgan fingerprint density at radius 3 is 3.00 bits per heavy atom. The van der Waals surface area contributed by atoms with E-state index in [4.69, 9.17) is 23.2 Å². The number of carbonyl (C=O) groups excluding carboxylic acids is 1. The Kier molecular flexibility index (Phi) is 5.36. The molecule has 1 amide bonds. The quantitative estimate of drug-likeness (QED) is 0.683. The van der Waals surface area contributed by atoms with Gasteiger partial charge >= 0.3 is 0 Å². The zero-order valence-electron chi connectivity index (χ0n) is 7.77. The van der Waals surface area contributed by atoms with Crippen LogP contribution in [0.1, 0.15) is 12.8 Å². The molecule has 0 saturated heterocycles. The number of halogens is 3. The Balaban J connectivity index is 2.63. The average Bonchev–Trinajstić information content (AvgIpc) is 2.20. The number of aromatic nitrogens is 1. The van der Waals surface area contributed by atoms with Gasteiger partial charge in [-0.1, -0.05) is 11.6 Å². The maximum atomic E-state index is 11.4. The monoisotopic (exact) mass is 310 g/mol. The fourth-order valence-electron chi connectivity index (χ4n) is 0.950. The van der Waals surface area contributed by atoms with Crippen molar-refractivity contribution in [2.45, 2.75) is 12.8 Å². The van der Waals surface area contributed by atoms with Gasteiger partial charge in [0.1, 0.15) is 0 Å². The molecule has 0 aliphatic rings. The molecule has 0 radical (unpaired) electrons. The normalized spacial score (nSPS) is 10.1. The van der Waals surface area contributed by atoms with Crippen LogP contribution in [0.3, 0.4) is 0 Å². The van der Waals surface area contributed by atoms with Crippen LogP contribution in [0.5, 0.6) is 0 Å². The van der Waals surface area contributed by atoms with Crippen LogP contribution in [0.4, 0.5) is 5.69 Å². The van der Waals surface area contributed by atoms with Crippen molar-refractivity contribution in [3.8, 4) is 0 Å². The first kappa shape index (κ1) is 12.7. The molecule has 0 spiro atoms. The highest BCUT2D eigenvalue weighted by Gasteiger charge is 2.06. The van der Waals surface area contributed by atoms with Crippen molar-refractivity contribution in [3.05, 3.63) is 21.9 Å². The smallest absolute Gasteiger partial charge is 0.224 e. The molecule has 0 atom stereocenters. The third-order valence-corrected chi connectivity index (χ3v) is 2.62. The van der Waals surface area contributed by atoms with E-state index >= 15 is 0 Å². The van der Waals surface area contributed by atoms with Crippen molar-refractivity contribution in [3.63, 3.8) is 0 Å². The van der Waals surface area contributed by atoms with E-state index in [9.17, 15) is 4.79 Å². The summed E-state index contributed by atoms with van der Waals surface area (Å²) in [6.45, 7) is 0. The standard InChI is InChI=1S/C9H9BrCl2N2O/c10-6-4-7(9(12)13-5-6)14-8(15)2-1-3-11/h4-5H,1-3H2,(H,14,15). The summed E-state index contributed by atoms with van der Waals surface area (Å²) in [6.07, 6.45) is 2.59. The zero-order chi connectivity index (χ0) is 11.3. The van der Waals surface area contributed by atoms with E-state index in [0.717, 1.165) is 4.47 Å². The third kappa shape index (κ3) is 4.36. The topological polar surface area (TPSA) is 42.0 Å². The molecule has 0 aromatic carbocycles. The molecule has 1 rings (SSSR count). The van der Waals surface area contributed by atoms with Crippen LogP contribution in [-0.2, 0) is 4.79 Å². The molecule has 1 heterocycles. The van der Waals surface area contributed by atoms with Gasteiger partial charge in [-0.05, 0) is 28.4 Å². The maximum Gasteiger partial charge on any atom is 0.224 e. The number of nitrogens with zero attached hydrogens (tertiary/aromatic N) is 1. The summed E-state index contributed by atoms with van der Waals surface area (Å²) in [7, 11) is 0. The SMILES string of the molecule is O=C(CCCCl)Nc1cc(Br)cnc1Cl. The molecule has 6 heteroatoms. The second-order valence-electron chi connectivity index (χ2n) is 2.83. The van der Waals surface area contributed by atoms with E-state index in [1.807, 2.05) is 0 Å². The van der Waals surface area contributed by atoms with Gasteiger partial charge < -0.3 is 5.32 Å². The van der Waals surface area contributed by atoms with Crippen molar-refractivity contribution >= 4 is 50.7 Å². The predicted molar refractivity (Wildman–Crippen MR) is 65.5 cm³/mol. The lowest BCUT2D eigenvalue weighted by Gasteiger charge is -2.06. The van der Waals surface area contributed by atoms with Gasteiger partial charge in [0.15, 0.2) is 5.15 Å². The summed E-state index contributed by atoms with van der Waals surface area (Å²) in [6, 6.07) is 1.70. The van der Waals surface area contributed by atoms with Gasteiger partial charge in [-0.3, -0.25) is 4.79 Å². The molecule has 82 valence electrons. The fraction of sp³-hybridized carbons (Fsp3) is 0.333. The van der Waals surface area contributed by atoms with Gasteiger partial charge in [-0.2, -0.15) is 0 Å². The third-order valence-electron chi connectivity index (χ3n) is 1.62. The first-order chi connectivity index (χ1) is 7.13. The zero-order valence-corrected chi connectivity index (χ0v) is 10.9. The number of pyridine rings is 1. The minimum absolute atomic E-state index is 0.113. The second kappa shape index (κ2) is 6.30. The van der Waals surface area contributed by atoms with Gasteiger partial charge in [0.05, 0.1) is 5.69 Å². The molecular weight excluding hydrogens is 303 g/mol. The number of nitrogens with one attached hydrogen (secondary N) is 1. The molecule has 0 unspecified atom stereocenters. The molecule has 0 fully saturated rings. The molecule has 15 heavy (non-hydrogen) atoms. The van der Waals surface area contributed by atoms with Crippen LogP contribution in [0.25, 0.3) is 0 Å². The number of amides is 1. The van der Waals surface area contributed by atoms with Crippen molar-refractivity contribution in [1.82, 2.24) is 4.98 Å². The van der Waals surface area contributed by atoms with Crippen LogP contribution in [0, 0.1) is 0 Å². The van der Waals surface area contributed by atoms with Crippen LogP contribution < -0.4 is 5.32 Å². The number of hydrogen-bond acceptors (Lipinski definition) is 2. The summed E-state index contributed by atoms with van der Waals surface area (Å²) in [5, 5.41) is 2.94. The van der Waals surface area contributed by atoms with Crippen LogP contribution in [0.15, 0.2) is 16.7 Å². The van der Waals surface area contributed by atoms with Crippen LogP contribution >= 0.6 is 39.1 Å². The lowest BCUT2D eigenvalue weighted by Crippen LogP contribution is -2.12. The number of rotatable bonds is 4. The number of alkyl halides is 1. The van der Waals surface area contributed by atoms with Gasteiger partial charge in [0, 0.05) is 23.0 Å². The average molecular weight is 312 g/mol. The molecule has 0 bridgehead atoms. The predicted octanol–water partition coefficient (Wildman–Crippen LogP) is 3.46. The molecule has 1 aromatic rings. The van der Waals surface area contributed by atoms with E-state index < -0.39 is 0 Å². The molecule has 0 aliphatic heterocycles. The first-order valence-corrected chi connectivity index (χ1v) is 6.01. The van der Waals surface area contributed by atoms with E-state index in [0.29, 0.717) is 24.4 Å². The number of carbonyl (C=O) groups is 1. The summed E-state index contributed by atoms with van der Waals surface area (Å²) in [5.74, 6) is 0.357. The molecule has 1 N–H and O–H groups in total. The van der Waals surface area contributed by atoms with E-state index in [1.54, 1.807) is 12.3 Å². The second-order valence-corrected chi connectivity index (χ2v) is 4.48. The molecular formula is C9H9BrCl2N2O. The Morgan fingerprint density at radius 1 is 1.60 bits per heavy atom. The van der Waals surface area contributed by atoms with Crippen LogP contribution in [-0.4, -0.2) is 16.8 Å². The van der Waals surface area contributed by atoms with Crippen molar-refractivity contribution < 1.29 is 4.79 Å². The maximum absolute atomic E-state index is 11.4. The summed E-state index contributed by atoms with van der Waals surface area (Å²) in [4.78, 5) is 15.3. The highest BCUT2D eigenvalue weighted by molar-refractivity contribution is 9.10. The highest BCUT2D eigenvalue weighted by atomic mass is 79.9. The molecule has 1 aromatic heterocycles. The summed E-state index contributed by atoms with van der Waals surface area (Å²) >= 11 is 14.5. The Morgan fingerprint density at radius 2 is 2.33 bits per heavy atom. The molecule has 0 aliphatic carbocycles. The van der Waals surface area contributed by atoms with E-state index in [-0.39, 0.29) is 11.1 Å². The Hall–Kier alpha value is -0.320. The molecule has 0 saturated carbocycles. The highest BCUT2D eigenvalue weighted by Crippen LogP contribution is 2.23. The summed E-state index contributed by atoms with van der Waals surface area (Å²) in [5.41, 5.74) is 0.505.